The van der Waals surface area contributed by atoms with Gasteiger partial charge in [-0.15, -0.1) is 26.3 Å². The number of amides is 4. The van der Waals surface area contributed by atoms with Crippen molar-refractivity contribution in [1.29, 1.82) is 0 Å². The Hall–Kier alpha value is -8.18. The van der Waals surface area contributed by atoms with E-state index in [1.807, 2.05) is 109 Å². The molecule has 0 saturated heterocycles. The SMILES string of the molecule is C=C.C=C.CCC.O=C1c2cccc(N3c4ccccc4Sc4ccccc43)c2C(=O)N1c1cccc(-c2cccc(N3C(=O)c4cccc(N5c6ccccc6Sc6ccccc65)c4C3=O)c2)c1. The minimum atomic E-state index is -0.418. The first-order valence-corrected chi connectivity index (χ1v) is 24.1. The molecule has 0 aromatic heterocycles. The van der Waals surface area contributed by atoms with Crippen LogP contribution in [-0.2, 0) is 0 Å². The van der Waals surface area contributed by atoms with E-state index in [1.165, 1.54) is 16.2 Å². The predicted octanol–water partition coefficient (Wildman–Crippen LogP) is 15.8. The van der Waals surface area contributed by atoms with Crippen LogP contribution < -0.4 is 19.6 Å². The summed E-state index contributed by atoms with van der Waals surface area (Å²) in [6.07, 6.45) is 1.25. The fourth-order valence-electron chi connectivity index (χ4n) is 8.95. The third kappa shape index (κ3) is 7.83. The van der Waals surface area contributed by atoms with E-state index >= 15 is 0 Å². The van der Waals surface area contributed by atoms with Crippen LogP contribution in [0.4, 0.5) is 45.5 Å². The number of fused-ring (bicyclic) bond motifs is 6. The number of para-hydroxylation sites is 4. The van der Waals surface area contributed by atoms with Crippen LogP contribution in [0.15, 0.2) is 228 Å². The molecule has 12 rings (SSSR count). The molecule has 4 aliphatic rings. The second-order valence-corrected chi connectivity index (χ2v) is 18.0. The molecule has 4 amide bonds. The van der Waals surface area contributed by atoms with E-state index in [4.69, 9.17) is 0 Å². The van der Waals surface area contributed by atoms with Gasteiger partial charge in [-0.1, -0.05) is 129 Å². The van der Waals surface area contributed by atoms with Gasteiger partial charge in [-0.05, 0) is 108 Å². The Morgan fingerprint density at radius 1 is 0.348 bits per heavy atom. The molecule has 8 aromatic carbocycles. The van der Waals surface area contributed by atoms with E-state index in [0.29, 0.717) is 56.1 Å². The number of carbonyl (C=O) groups is 4. The second-order valence-electron chi connectivity index (χ2n) is 15.8. The first-order valence-electron chi connectivity index (χ1n) is 22.4. The van der Waals surface area contributed by atoms with Crippen LogP contribution in [0.3, 0.4) is 0 Å². The largest absolute Gasteiger partial charge is 0.307 e. The normalized spacial score (nSPS) is 13.5. The molecule has 0 atom stereocenters. The zero-order valence-corrected chi connectivity index (χ0v) is 39.7. The lowest BCUT2D eigenvalue weighted by Gasteiger charge is -2.33. The van der Waals surface area contributed by atoms with Gasteiger partial charge in [-0.25, -0.2) is 9.80 Å². The van der Waals surface area contributed by atoms with Crippen LogP contribution in [-0.4, -0.2) is 23.6 Å². The molecule has 0 unspecified atom stereocenters. The molecular formula is C59H46N4O4S2. The number of carbonyl (C=O) groups excluding carboxylic acids is 4. The maximum atomic E-state index is 14.6. The summed E-state index contributed by atoms with van der Waals surface area (Å²) in [5.41, 5.74) is 8.53. The lowest BCUT2D eigenvalue weighted by molar-refractivity contribution is 0.0910. The summed E-state index contributed by atoms with van der Waals surface area (Å²) in [5.74, 6) is -1.66. The Labute approximate surface area is 410 Å². The maximum absolute atomic E-state index is 14.6. The highest BCUT2D eigenvalue weighted by Crippen LogP contribution is 2.54. The molecule has 338 valence electrons. The third-order valence-electron chi connectivity index (χ3n) is 11.7. The van der Waals surface area contributed by atoms with Crippen molar-refractivity contribution in [2.45, 2.75) is 39.9 Å². The Morgan fingerprint density at radius 3 is 0.971 bits per heavy atom. The summed E-state index contributed by atoms with van der Waals surface area (Å²) in [7, 11) is 0. The smallest absolute Gasteiger partial charge is 0.268 e. The van der Waals surface area contributed by atoms with Gasteiger partial charge in [0, 0.05) is 19.6 Å². The average Bonchev–Trinajstić information content (AvgIpc) is 3.82. The summed E-state index contributed by atoms with van der Waals surface area (Å²) in [5, 5.41) is 0. The summed E-state index contributed by atoms with van der Waals surface area (Å²) in [6, 6.07) is 57.6. The van der Waals surface area contributed by atoms with Crippen LogP contribution in [0.1, 0.15) is 61.7 Å². The van der Waals surface area contributed by atoms with Crippen molar-refractivity contribution in [2.24, 2.45) is 0 Å². The predicted molar refractivity (Wildman–Crippen MR) is 283 cm³/mol. The Kier molecular flexibility index (Phi) is 13.0. The fourth-order valence-corrected chi connectivity index (χ4v) is 11.1. The highest BCUT2D eigenvalue weighted by Gasteiger charge is 2.43. The number of anilines is 8. The van der Waals surface area contributed by atoms with Crippen molar-refractivity contribution in [3.63, 3.8) is 0 Å². The first kappa shape index (κ1) is 46.0. The van der Waals surface area contributed by atoms with Crippen molar-refractivity contribution < 1.29 is 19.2 Å². The zero-order valence-electron chi connectivity index (χ0n) is 38.1. The standard InChI is InChI=1S/C52H30N4O4S2.C3H8.2C2H4/c57-49-35-17-11-23-41(55-37-19-1-5-25-43(37)61-44-26-6-2-20-38(44)55)47(35)51(59)53(49)33-15-9-13-31(29-33)32-14-10-16-34(30-32)54-50(58)36-18-12-24-42(48(36)52(54)60)56-39-21-3-7-27-45(39)62-46-28-8-4-22-40(46)56;1-3-2;2*1-2/h1-30H;3H2,1-2H3;2*1-2H2. The molecule has 0 N–H and O–H groups in total. The molecule has 8 aromatic rings. The van der Waals surface area contributed by atoms with E-state index in [1.54, 1.807) is 72.1 Å². The minimum Gasteiger partial charge on any atom is -0.307 e. The van der Waals surface area contributed by atoms with Gasteiger partial charge in [0.2, 0.25) is 0 Å². The quantitative estimate of drug-likeness (QED) is 0.125. The molecule has 0 saturated carbocycles. The molecule has 10 heteroatoms. The molecule has 4 heterocycles. The monoisotopic (exact) mass is 938 g/mol. The van der Waals surface area contributed by atoms with Gasteiger partial charge in [0.05, 0.1) is 67.8 Å². The molecule has 0 spiro atoms. The van der Waals surface area contributed by atoms with Gasteiger partial charge in [0.25, 0.3) is 23.6 Å². The van der Waals surface area contributed by atoms with Crippen LogP contribution in [0.2, 0.25) is 0 Å². The van der Waals surface area contributed by atoms with Crippen molar-refractivity contribution >= 4 is 92.7 Å². The first-order chi connectivity index (χ1) is 33.9. The molecule has 0 aliphatic carbocycles. The van der Waals surface area contributed by atoms with Crippen molar-refractivity contribution in [3.05, 3.63) is 231 Å². The summed E-state index contributed by atoms with van der Waals surface area (Å²) < 4.78 is 0. The fraction of sp³-hybridized carbons (Fsp3) is 0.0508. The van der Waals surface area contributed by atoms with E-state index in [0.717, 1.165) is 42.3 Å². The Bertz CT molecular complexity index is 3040. The molecule has 0 radical (unpaired) electrons. The van der Waals surface area contributed by atoms with Crippen molar-refractivity contribution in [3.8, 4) is 11.1 Å². The average molecular weight is 939 g/mol. The number of nitrogens with zero attached hydrogens (tertiary/aromatic N) is 4. The lowest BCUT2D eigenvalue weighted by atomic mass is 10.0. The second kappa shape index (κ2) is 19.6. The number of hydrogen-bond donors (Lipinski definition) is 0. The molecule has 0 fully saturated rings. The summed E-state index contributed by atoms with van der Waals surface area (Å²) in [4.78, 5) is 68.6. The van der Waals surface area contributed by atoms with Crippen LogP contribution >= 0.6 is 23.5 Å². The molecule has 69 heavy (non-hydrogen) atoms. The maximum Gasteiger partial charge on any atom is 0.268 e. The van der Waals surface area contributed by atoms with Gasteiger partial charge in [-0.3, -0.25) is 19.2 Å². The highest BCUT2D eigenvalue weighted by atomic mass is 32.2. The van der Waals surface area contributed by atoms with Crippen LogP contribution in [0, 0.1) is 0 Å². The van der Waals surface area contributed by atoms with Crippen LogP contribution in [0.25, 0.3) is 11.1 Å². The molecular weight excluding hydrogens is 893 g/mol. The highest BCUT2D eigenvalue weighted by molar-refractivity contribution is 8.00. The number of rotatable bonds is 5. The van der Waals surface area contributed by atoms with Gasteiger partial charge in [-0.2, -0.15) is 0 Å². The summed E-state index contributed by atoms with van der Waals surface area (Å²) in [6.45, 7) is 16.2. The topological polar surface area (TPSA) is 81.2 Å². The number of imide groups is 2. The van der Waals surface area contributed by atoms with E-state index < -0.39 is 23.6 Å². The molecule has 0 bridgehead atoms. The lowest BCUT2D eigenvalue weighted by Crippen LogP contribution is -2.30. The van der Waals surface area contributed by atoms with E-state index in [9.17, 15) is 19.2 Å². The van der Waals surface area contributed by atoms with Crippen LogP contribution in [0.5, 0.6) is 0 Å². The molecule has 8 nitrogen and oxygen atoms in total. The van der Waals surface area contributed by atoms with Gasteiger partial charge < -0.3 is 9.80 Å². The van der Waals surface area contributed by atoms with Gasteiger partial charge in [0.1, 0.15) is 0 Å². The van der Waals surface area contributed by atoms with Crippen molar-refractivity contribution in [1.82, 2.24) is 0 Å². The zero-order chi connectivity index (χ0) is 48.3. The van der Waals surface area contributed by atoms with Gasteiger partial charge in [0.15, 0.2) is 0 Å². The third-order valence-corrected chi connectivity index (χ3v) is 13.9. The minimum absolute atomic E-state index is 0.327. The summed E-state index contributed by atoms with van der Waals surface area (Å²) >= 11 is 3.35. The Morgan fingerprint density at radius 2 is 0.638 bits per heavy atom. The van der Waals surface area contributed by atoms with E-state index in [2.05, 4.69) is 74.2 Å². The Balaban J connectivity index is 0.000000808. The van der Waals surface area contributed by atoms with Crippen molar-refractivity contribution in [2.75, 3.05) is 19.6 Å². The van der Waals surface area contributed by atoms with E-state index in [-0.39, 0.29) is 0 Å². The molecule has 4 aliphatic heterocycles. The number of benzene rings is 8. The van der Waals surface area contributed by atoms with Gasteiger partial charge >= 0.3 is 0 Å². The number of hydrogen-bond acceptors (Lipinski definition) is 8.